The minimum atomic E-state index is -0.852. The largest absolute Gasteiger partial charge is 0.386 e. The molecule has 8 heteroatoms. The fourth-order valence-corrected chi connectivity index (χ4v) is 2.60. The lowest BCUT2D eigenvalue weighted by atomic mass is 9.93. The van der Waals surface area contributed by atoms with Gasteiger partial charge in [0.1, 0.15) is 5.60 Å². The van der Waals surface area contributed by atoms with E-state index in [0.717, 1.165) is 19.4 Å². The van der Waals surface area contributed by atoms with E-state index in [9.17, 15) is 5.11 Å². The molecule has 0 amide bonds. The van der Waals surface area contributed by atoms with Crippen LogP contribution in [-0.4, -0.2) is 48.8 Å². The molecule has 20 heavy (non-hydrogen) atoms. The highest BCUT2D eigenvalue weighted by molar-refractivity contribution is 6.30. The van der Waals surface area contributed by atoms with Crippen molar-refractivity contribution in [3.63, 3.8) is 0 Å². The fraction of sp³-hybridized carbons (Fsp3) is 0.500. The monoisotopic (exact) mass is 294 g/mol. The van der Waals surface area contributed by atoms with Gasteiger partial charge in [0.05, 0.1) is 36.7 Å². The number of aliphatic hydroxyl groups is 1. The SMILES string of the molecule is OC1(Cn2ccnn2)CCCN(c2ncc(Cl)cn2)C1. The smallest absolute Gasteiger partial charge is 0.225 e. The zero-order chi connectivity index (χ0) is 14.0. The van der Waals surface area contributed by atoms with Crippen LogP contribution in [0.4, 0.5) is 5.95 Å². The third kappa shape index (κ3) is 2.88. The minimum absolute atomic E-state index is 0.414. The van der Waals surface area contributed by atoms with Crippen LogP contribution in [0.15, 0.2) is 24.8 Å². The summed E-state index contributed by atoms with van der Waals surface area (Å²) in [5.41, 5.74) is -0.852. The average molecular weight is 295 g/mol. The van der Waals surface area contributed by atoms with Crippen molar-refractivity contribution < 1.29 is 5.11 Å². The number of rotatable bonds is 3. The van der Waals surface area contributed by atoms with Crippen molar-refractivity contribution in [1.82, 2.24) is 25.0 Å². The maximum Gasteiger partial charge on any atom is 0.225 e. The summed E-state index contributed by atoms with van der Waals surface area (Å²) in [5.74, 6) is 0.589. The van der Waals surface area contributed by atoms with Gasteiger partial charge in [-0.1, -0.05) is 16.8 Å². The molecule has 1 aliphatic heterocycles. The van der Waals surface area contributed by atoms with Gasteiger partial charge in [0.2, 0.25) is 5.95 Å². The molecule has 1 N–H and O–H groups in total. The molecule has 106 valence electrons. The first-order valence-corrected chi connectivity index (χ1v) is 6.81. The van der Waals surface area contributed by atoms with Crippen LogP contribution in [0.2, 0.25) is 5.02 Å². The van der Waals surface area contributed by atoms with Crippen LogP contribution in [-0.2, 0) is 6.54 Å². The molecule has 0 saturated carbocycles. The number of β-amino-alcohol motifs (C(OH)–C–C–N with tert-alkyl or cyclic N) is 1. The molecule has 7 nitrogen and oxygen atoms in total. The number of halogens is 1. The normalized spacial score (nSPS) is 23.0. The zero-order valence-corrected chi connectivity index (χ0v) is 11.6. The Labute approximate surface area is 121 Å². The number of piperidine rings is 1. The van der Waals surface area contributed by atoms with Gasteiger partial charge >= 0.3 is 0 Å². The van der Waals surface area contributed by atoms with Gasteiger partial charge in [0.15, 0.2) is 0 Å². The molecule has 3 heterocycles. The molecule has 0 aromatic carbocycles. The zero-order valence-electron chi connectivity index (χ0n) is 10.9. The first-order chi connectivity index (χ1) is 9.65. The molecule has 0 spiro atoms. The second-order valence-electron chi connectivity index (χ2n) is 5.05. The van der Waals surface area contributed by atoms with Gasteiger partial charge in [0, 0.05) is 12.7 Å². The number of anilines is 1. The Balaban J connectivity index is 1.74. The molecule has 0 bridgehead atoms. The molecule has 1 unspecified atom stereocenters. The standard InChI is InChI=1S/C12H15ClN6O/c13-10-6-14-11(15-7-10)18-4-1-2-12(20,8-18)9-19-5-3-16-17-19/h3,5-7,20H,1-2,4,8-9H2. The number of hydrogen-bond acceptors (Lipinski definition) is 6. The molecule has 2 aromatic heterocycles. The fourth-order valence-electron chi connectivity index (χ4n) is 2.50. The number of nitrogens with zero attached hydrogens (tertiary/aromatic N) is 6. The number of aromatic nitrogens is 5. The van der Waals surface area contributed by atoms with E-state index in [1.54, 1.807) is 29.5 Å². The first kappa shape index (κ1) is 13.3. The van der Waals surface area contributed by atoms with Crippen molar-refractivity contribution in [3.8, 4) is 0 Å². The highest BCUT2D eigenvalue weighted by atomic mass is 35.5. The molecule has 1 saturated heterocycles. The molecule has 3 rings (SSSR count). The summed E-state index contributed by atoms with van der Waals surface area (Å²) in [4.78, 5) is 10.4. The van der Waals surface area contributed by atoms with E-state index >= 15 is 0 Å². The molecule has 2 aromatic rings. The molecule has 1 aliphatic rings. The van der Waals surface area contributed by atoms with Crippen LogP contribution in [0.5, 0.6) is 0 Å². The minimum Gasteiger partial charge on any atom is -0.386 e. The van der Waals surface area contributed by atoms with Crippen LogP contribution in [0.25, 0.3) is 0 Å². The van der Waals surface area contributed by atoms with Gasteiger partial charge in [-0.05, 0) is 12.8 Å². The predicted octanol–water partition coefficient (Wildman–Crippen LogP) is 0.753. The van der Waals surface area contributed by atoms with Crippen molar-refractivity contribution in [2.75, 3.05) is 18.0 Å². The summed E-state index contributed by atoms with van der Waals surface area (Å²) in [7, 11) is 0. The Bertz CT molecular complexity index is 560. The Morgan fingerprint density at radius 1 is 1.35 bits per heavy atom. The lowest BCUT2D eigenvalue weighted by Gasteiger charge is -2.38. The van der Waals surface area contributed by atoms with Gasteiger partial charge in [-0.2, -0.15) is 0 Å². The lowest BCUT2D eigenvalue weighted by Crippen LogP contribution is -2.51. The quantitative estimate of drug-likeness (QED) is 0.900. The van der Waals surface area contributed by atoms with Crippen molar-refractivity contribution >= 4 is 17.5 Å². The van der Waals surface area contributed by atoms with E-state index in [2.05, 4.69) is 20.3 Å². The van der Waals surface area contributed by atoms with E-state index in [-0.39, 0.29) is 0 Å². The molecule has 0 aliphatic carbocycles. The van der Waals surface area contributed by atoms with Crippen LogP contribution in [0, 0.1) is 0 Å². The van der Waals surface area contributed by atoms with Gasteiger partial charge in [-0.25, -0.2) is 14.6 Å². The molecule has 0 radical (unpaired) electrons. The van der Waals surface area contributed by atoms with Crippen LogP contribution in [0.1, 0.15) is 12.8 Å². The summed E-state index contributed by atoms with van der Waals surface area (Å²) in [5, 5.41) is 18.9. The van der Waals surface area contributed by atoms with Crippen LogP contribution in [0.3, 0.4) is 0 Å². The van der Waals surface area contributed by atoms with Crippen molar-refractivity contribution in [2.45, 2.75) is 25.0 Å². The molecule has 1 atom stereocenters. The van der Waals surface area contributed by atoms with Gasteiger partial charge in [0.25, 0.3) is 0 Å². The summed E-state index contributed by atoms with van der Waals surface area (Å²) in [6.45, 7) is 1.70. The van der Waals surface area contributed by atoms with Gasteiger partial charge in [-0.15, -0.1) is 5.10 Å². The second kappa shape index (κ2) is 5.34. The topological polar surface area (TPSA) is 80.0 Å². The third-order valence-corrected chi connectivity index (χ3v) is 3.57. The lowest BCUT2D eigenvalue weighted by molar-refractivity contribution is 0.00565. The molecular formula is C12H15ClN6O. The van der Waals surface area contributed by atoms with E-state index in [0.29, 0.717) is 24.1 Å². The van der Waals surface area contributed by atoms with Crippen LogP contribution >= 0.6 is 11.6 Å². The Morgan fingerprint density at radius 3 is 2.85 bits per heavy atom. The van der Waals surface area contributed by atoms with Gasteiger partial charge in [-0.3, -0.25) is 0 Å². The van der Waals surface area contributed by atoms with Gasteiger partial charge < -0.3 is 10.0 Å². The Hall–Kier alpha value is -1.73. The summed E-state index contributed by atoms with van der Waals surface area (Å²) in [6, 6.07) is 0. The second-order valence-corrected chi connectivity index (χ2v) is 5.49. The predicted molar refractivity (Wildman–Crippen MR) is 73.5 cm³/mol. The Morgan fingerprint density at radius 2 is 2.15 bits per heavy atom. The summed E-state index contributed by atoms with van der Waals surface area (Å²) in [6.07, 6.45) is 8.07. The average Bonchev–Trinajstić information content (AvgIpc) is 2.91. The first-order valence-electron chi connectivity index (χ1n) is 6.44. The van der Waals surface area contributed by atoms with Crippen molar-refractivity contribution in [3.05, 3.63) is 29.8 Å². The summed E-state index contributed by atoms with van der Waals surface area (Å²) < 4.78 is 1.65. The highest BCUT2D eigenvalue weighted by Crippen LogP contribution is 2.25. The highest BCUT2D eigenvalue weighted by Gasteiger charge is 2.35. The van der Waals surface area contributed by atoms with Crippen molar-refractivity contribution in [1.29, 1.82) is 0 Å². The Kier molecular flexibility index (Phi) is 3.54. The molecular weight excluding hydrogens is 280 g/mol. The van der Waals surface area contributed by atoms with Crippen molar-refractivity contribution in [2.24, 2.45) is 0 Å². The van der Waals surface area contributed by atoms with E-state index in [1.165, 1.54) is 0 Å². The van der Waals surface area contributed by atoms with E-state index in [1.807, 2.05) is 4.90 Å². The van der Waals surface area contributed by atoms with E-state index < -0.39 is 5.60 Å². The number of hydrogen-bond donors (Lipinski definition) is 1. The maximum atomic E-state index is 10.7. The van der Waals surface area contributed by atoms with E-state index in [4.69, 9.17) is 11.6 Å². The molecule has 1 fully saturated rings. The third-order valence-electron chi connectivity index (χ3n) is 3.37. The summed E-state index contributed by atoms with van der Waals surface area (Å²) >= 11 is 5.79. The van der Waals surface area contributed by atoms with Crippen LogP contribution < -0.4 is 4.90 Å². The maximum absolute atomic E-state index is 10.7.